The molecule has 0 bridgehead atoms. The molecule has 3 heteroatoms. The van der Waals surface area contributed by atoms with E-state index in [1.54, 1.807) is 6.07 Å². The molecule has 0 aromatic heterocycles. The first-order valence-corrected chi connectivity index (χ1v) is 7.04. The Morgan fingerprint density at radius 1 is 1.28 bits per heavy atom. The van der Waals surface area contributed by atoms with Crippen LogP contribution in [0.4, 0.5) is 5.69 Å². The minimum atomic E-state index is 0.498. The van der Waals surface area contributed by atoms with Crippen molar-refractivity contribution < 1.29 is 0 Å². The SMILES string of the molecule is CC1CCCCCC1Nc1ccc(C#N)cc1Cl. The van der Waals surface area contributed by atoms with Crippen LogP contribution in [0.3, 0.4) is 0 Å². The summed E-state index contributed by atoms with van der Waals surface area (Å²) in [4.78, 5) is 0. The zero-order chi connectivity index (χ0) is 13.0. The quantitative estimate of drug-likeness (QED) is 0.791. The van der Waals surface area contributed by atoms with E-state index in [4.69, 9.17) is 16.9 Å². The zero-order valence-electron chi connectivity index (χ0n) is 10.7. The average molecular weight is 263 g/mol. The van der Waals surface area contributed by atoms with E-state index in [0.717, 1.165) is 5.69 Å². The van der Waals surface area contributed by atoms with E-state index in [9.17, 15) is 0 Å². The first kappa shape index (κ1) is 13.2. The highest BCUT2D eigenvalue weighted by atomic mass is 35.5. The van der Waals surface area contributed by atoms with E-state index in [0.29, 0.717) is 22.5 Å². The Hall–Kier alpha value is -1.20. The molecule has 1 saturated carbocycles. The predicted molar refractivity (Wildman–Crippen MR) is 75.8 cm³/mol. The van der Waals surface area contributed by atoms with Gasteiger partial charge >= 0.3 is 0 Å². The van der Waals surface area contributed by atoms with E-state index in [2.05, 4.69) is 18.3 Å². The van der Waals surface area contributed by atoms with Crippen LogP contribution in [0.15, 0.2) is 18.2 Å². The van der Waals surface area contributed by atoms with E-state index in [1.165, 1.54) is 32.1 Å². The maximum atomic E-state index is 8.82. The average Bonchev–Trinajstić information content (AvgIpc) is 2.57. The Labute approximate surface area is 114 Å². The van der Waals surface area contributed by atoms with Gasteiger partial charge in [0.2, 0.25) is 0 Å². The molecule has 1 aliphatic rings. The number of nitriles is 1. The van der Waals surface area contributed by atoms with Crippen LogP contribution >= 0.6 is 11.6 Å². The molecule has 0 amide bonds. The molecule has 1 fully saturated rings. The Balaban J connectivity index is 2.10. The minimum absolute atomic E-state index is 0.498. The van der Waals surface area contributed by atoms with Gasteiger partial charge in [-0.05, 0) is 37.0 Å². The predicted octanol–water partition coefficient (Wildman–Crippen LogP) is 4.59. The molecular formula is C15H19ClN2. The summed E-state index contributed by atoms with van der Waals surface area (Å²) >= 11 is 6.20. The van der Waals surface area contributed by atoms with E-state index in [-0.39, 0.29) is 0 Å². The molecule has 0 saturated heterocycles. The van der Waals surface area contributed by atoms with Crippen LogP contribution in [0, 0.1) is 17.2 Å². The van der Waals surface area contributed by atoms with E-state index < -0.39 is 0 Å². The number of hydrogen-bond donors (Lipinski definition) is 1. The molecule has 2 atom stereocenters. The van der Waals surface area contributed by atoms with Gasteiger partial charge in [-0.3, -0.25) is 0 Å². The van der Waals surface area contributed by atoms with Gasteiger partial charge in [0, 0.05) is 6.04 Å². The number of rotatable bonds is 2. The molecule has 18 heavy (non-hydrogen) atoms. The van der Waals surface area contributed by atoms with Crippen LogP contribution in [0.2, 0.25) is 5.02 Å². The molecule has 96 valence electrons. The topological polar surface area (TPSA) is 35.8 Å². The van der Waals surface area contributed by atoms with Crippen molar-refractivity contribution in [2.75, 3.05) is 5.32 Å². The third kappa shape index (κ3) is 3.17. The molecule has 0 spiro atoms. The molecule has 2 unspecified atom stereocenters. The molecule has 1 N–H and O–H groups in total. The zero-order valence-corrected chi connectivity index (χ0v) is 11.5. The van der Waals surface area contributed by atoms with Gasteiger partial charge in [0.05, 0.1) is 22.3 Å². The van der Waals surface area contributed by atoms with Crippen molar-refractivity contribution in [2.45, 2.75) is 45.1 Å². The molecule has 1 aromatic rings. The van der Waals surface area contributed by atoms with Crippen molar-refractivity contribution in [3.8, 4) is 6.07 Å². The highest BCUT2D eigenvalue weighted by molar-refractivity contribution is 6.33. The van der Waals surface area contributed by atoms with Crippen LogP contribution in [0.5, 0.6) is 0 Å². The van der Waals surface area contributed by atoms with Crippen molar-refractivity contribution in [2.24, 2.45) is 5.92 Å². The molecule has 1 aromatic carbocycles. The summed E-state index contributed by atoms with van der Waals surface area (Å²) in [5.74, 6) is 0.680. The van der Waals surface area contributed by atoms with Crippen molar-refractivity contribution in [1.82, 2.24) is 0 Å². The Bertz CT molecular complexity index is 450. The number of nitrogens with zero attached hydrogens (tertiary/aromatic N) is 1. The van der Waals surface area contributed by atoms with Gasteiger partial charge < -0.3 is 5.32 Å². The normalized spacial score (nSPS) is 24.1. The highest BCUT2D eigenvalue weighted by Gasteiger charge is 2.20. The third-order valence-corrected chi connectivity index (χ3v) is 4.11. The molecule has 1 aliphatic carbocycles. The van der Waals surface area contributed by atoms with Gasteiger partial charge in [-0.15, -0.1) is 0 Å². The summed E-state index contributed by atoms with van der Waals surface area (Å²) in [6, 6.07) is 8.06. The number of anilines is 1. The lowest BCUT2D eigenvalue weighted by Crippen LogP contribution is -2.26. The van der Waals surface area contributed by atoms with Crippen LogP contribution < -0.4 is 5.32 Å². The maximum absolute atomic E-state index is 8.82. The van der Waals surface area contributed by atoms with Gasteiger partial charge in [-0.25, -0.2) is 0 Å². The lowest BCUT2D eigenvalue weighted by molar-refractivity contribution is 0.457. The molecular weight excluding hydrogens is 244 g/mol. The van der Waals surface area contributed by atoms with Crippen molar-refractivity contribution in [3.63, 3.8) is 0 Å². The second-order valence-electron chi connectivity index (χ2n) is 5.17. The molecule has 0 heterocycles. The van der Waals surface area contributed by atoms with E-state index in [1.807, 2.05) is 12.1 Å². The number of nitrogens with one attached hydrogen (secondary N) is 1. The first-order chi connectivity index (χ1) is 8.70. The largest absolute Gasteiger partial charge is 0.381 e. The lowest BCUT2D eigenvalue weighted by atomic mass is 9.96. The maximum Gasteiger partial charge on any atom is 0.0992 e. The summed E-state index contributed by atoms with van der Waals surface area (Å²) < 4.78 is 0. The Kier molecular flexibility index (Phi) is 4.49. The number of halogens is 1. The third-order valence-electron chi connectivity index (χ3n) is 3.80. The Morgan fingerprint density at radius 3 is 2.78 bits per heavy atom. The fraction of sp³-hybridized carbons (Fsp3) is 0.533. The number of hydrogen-bond acceptors (Lipinski definition) is 2. The fourth-order valence-corrected chi connectivity index (χ4v) is 2.84. The fourth-order valence-electron chi connectivity index (χ4n) is 2.61. The Morgan fingerprint density at radius 2 is 2.06 bits per heavy atom. The van der Waals surface area contributed by atoms with Crippen LogP contribution in [0.1, 0.15) is 44.6 Å². The second-order valence-corrected chi connectivity index (χ2v) is 5.58. The van der Waals surface area contributed by atoms with Crippen molar-refractivity contribution in [1.29, 1.82) is 5.26 Å². The van der Waals surface area contributed by atoms with Crippen LogP contribution in [-0.4, -0.2) is 6.04 Å². The standard InChI is InChI=1S/C15H19ClN2/c1-11-5-3-2-4-6-14(11)18-15-8-7-12(10-17)9-13(15)16/h7-9,11,14,18H,2-6H2,1H3. The van der Waals surface area contributed by atoms with Gasteiger partial charge in [-0.1, -0.05) is 37.8 Å². The summed E-state index contributed by atoms with van der Waals surface area (Å²) in [5, 5.41) is 13.0. The van der Waals surface area contributed by atoms with Gasteiger partial charge in [0.25, 0.3) is 0 Å². The van der Waals surface area contributed by atoms with Crippen LogP contribution in [0.25, 0.3) is 0 Å². The lowest BCUT2D eigenvalue weighted by Gasteiger charge is -2.24. The monoisotopic (exact) mass is 262 g/mol. The van der Waals surface area contributed by atoms with Gasteiger partial charge in [0.15, 0.2) is 0 Å². The highest BCUT2D eigenvalue weighted by Crippen LogP contribution is 2.29. The summed E-state index contributed by atoms with van der Waals surface area (Å²) in [6.07, 6.45) is 6.45. The number of benzene rings is 1. The summed E-state index contributed by atoms with van der Waals surface area (Å²) in [7, 11) is 0. The molecule has 2 nitrogen and oxygen atoms in total. The first-order valence-electron chi connectivity index (χ1n) is 6.67. The van der Waals surface area contributed by atoms with Crippen molar-refractivity contribution in [3.05, 3.63) is 28.8 Å². The smallest absolute Gasteiger partial charge is 0.0992 e. The van der Waals surface area contributed by atoms with Gasteiger partial charge in [-0.2, -0.15) is 5.26 Å². The molecule has 0 aliphatic heterocycles. The molecule has 2 rings (SSSR count). The molecule has 0 radical (unpaired) electrons. The van der Waals surface area contributed by atoms with Gasteiger partial charge in [0.1, 0.15) is 0 Å². The van der Waals surface area contributed by atoms with Crippen LogP contribution in [-0.2, 0) is 0 Å². The summed E-state index contributed by atoms with van der Waals surface area (Å²) in [5.41, 5.74) is 1.56. The van der Waals surface area contributed by atoms with Crippen molar-refractivity contribution >= 4 is 17.3 Å². The van der Waals surface area contributed by atoms with E-state index >= 15 is 0 Å². The summed E-state index contributed by atoms with van der Waals surface area (Å²) in [6.45, 7) is 2.31. The minimum Gasteiger partial charge on any atom is -0.381 e. The second kappa shape index (κ2) is 6.11.